The van der Waals surface area contributed by atoms with E-state index in [0.717, 1.165) is 37.0 Å². The summed E-state index contributed by atoms with van der Waals surface area (Å²) >= 11 is 0. The van der Waals surface area contributed by atoms with Crippen LogP contribution < -0.4 is 14.8 Å². The summed E-state index contributed by atoms with van der Waals surface area (Å²) in [7, 11) is 3.10. The fourth-order valence-corrected chi connectivity index (χ4v) is 5.98. The van der Waals surface area contributed by atoms with Gasteiger partial charge in [0, 0.05) is 17.2 Å². The van der Waals surface area contributed by atoms with Crippen LogP contribution in [0, 0.1) is 17.8 Å². The van der Waals surface area contributed by atoms with Gasteiger partial charge in [0.2, 0.25) is 0 Å². The smallest absolute Gasteiger partial charge is 0.331 e. The van der Waals surface area contributed by atoms with Gasteiger partial charge in [-0.15, -0.1) is 0 Å². The number of carbonyl (C=O) groups is 2. The van der Waals surface area contributed by atoms with E-state index in [1.54, 1.807) is 26.4 Å². The summed E-state index contributed by atoms with van der Waals surface area (Å²) in [6.45, 7) is -0.250. The third-order valence-electron chi connectivity index (χ3n) is 6.62. The van der Waals surface area contributed by atoms with Gasteiger partial charge in [0.25, 0.3) is 5.91 Å². The summed E-state index contributed by atoms with van der Waals surface area (Å²) in [5.41, 5.74) is 0.629. The standard InChI is InChI=1S/C23H29NO5/c1-27-19-5-3-4-18(22(19)28-2)6-7-21(26)29-14-20(25)24-23-11-15-8-16(12-23)10-17(9-15)13-23/h3-7,15-17H,8-14H2,1-2H3,(H,24,25)/b7-6+. The minimum Gasteiger partial charge on any atom is -0.493 e. The lowest BCUT2D eigenvalue weighted by molar-refractivity contribution is -0.145. The fourth-order valence-electron chi connectivity index (χ4n) is 5.98. The van der Waals surface area contributed by atoms with E-state index in [4.69, 9.17) is 14.2 Å². The minimum atomic E-state index is -0.560. The monoisotopic (exact) mass is 399 g/mol. The highest BCUT2D eigenvalue weighted by molar-refractivity contribution is 5.90. The van der Waals surface area contributed by atoms with Crippen LogP contribution in [0.1, 0.15) is 44.1 Å². The molecule has 1 amide bonds. The van der Waals surface area contributed by atoms with Crippen LogP contribution in [0.3, 0.4) is 0 Å². The normalized spacial score (nSPS) is 29.7. The van der Waals surface area contributed by atoms with Gasteiger partial charge >= 0.3 is 5.97 Å². The third kappa shape index (κ3) is 4.26. The Balaban J connectivity index is 1.30. The zero-order valence-corrected chi connectivity index (χ0v) is 17.1. The number of rotatable bonds is 7. The molecule has 0 spiro atoms. The summed E-state index contributed by atoms with van der Waals surface area (Å²) in [5.74, 6) is 2.62. The van der Waals surface area contributed by atoms with Gasteiger partial charge < -0.3 is 19.5 Å². The highest BCUT2D eigenvalue weighted by atomic mass is 16.5. The van der Waals surface area contributed by atoms with Gasteiger partial charge in [-0.1, -0.05) is 12.1 Å². The second-order valence-electron chi connectivity index (χ2n) is 8.77. The van der Waals surface area contributed by atoms with E-state index in [0.29, 0.717) is 17.1 Å². The molecule has 0 saturated heterocycles. The predicted octanol–water partition coefficient (Wildman–Crippen LogP) is 3.35. The van der Waals surface area contributed by atoms with Crippen LogP contribution in [0.2, 0.25) is 0 Å². The van der Waals surface area contributed by atoms with Crippen molar-refractivity contribution in [2.75, 3.05) is 20.8 Å². The molecule has 0 heterocycles. The van der Waals surface area contributed by atoms with Gasteiger partial charge in [0.05, 0.1) is 14.2 Å². The van der Waals surface area contributed by atoms with Crippen LogP contribution in [0.15, 0.2) is 24.3 Å². The molecule has 0 atom stereocenters. The van der Waals surface area contributed by atoms with Crippen molar-refractivity contribution in [1.29, 1.82) is 0 Å². The number of para-hydroxylation sites is 1. The first-order chi connectivity index (χ1) is 14.0. The number of amides is 1. The summed E-state index contributed by atoms with van der Waals surface area (Å²) in [5, 5.41) is 3.21. The number of esters is 1. The van der Waals surface area contributed by atoms with Crippen molar-refractivity contribution in [3.05, 3.63) is 29.8 Å². The molecule has 1 aromatic rings. The predicted molar refractivity (Wildman–Crippen MR) is 109 cm³/mol. The third-order valence-corrected chi connectivity index (χ3v) is 6.62. The second kappa shape index (κ2) is 8.09. The van der Waals surface area contributed by atoms with Gasteiger partial charge in [0.1, 0.15) is 0 Å². The van der Waals surface area contributed by atoms with E-state index >= 15 is 0 Å². The van der Waals surface area contributed by atoms with Crippen LogP contribution in [0.4, 0.5) is 0 Å². The Kier molecular flexibility index (Phi) is 5.52. The molecule has 0 aliphatic heterocycles. The van der Waals surface area contributed by atoms with Crippen molar-refractivity contribution in [2.24, 2.45) is 17.8 Å². The van der Waals surface area contributed by atoms with Crippen molar-refractivity contribution in [2.45, 2.75) is 44.1 Å². The highest BCUT2D eigenvalue weighted by Gasteiger charge is 2.51. The Labute approximate surface area is 171 Å². The van der Waals surface area contributed by atoms with E-state index in [2.05, 4.69) is 5.32 Å². The van der Waals surface area contributed by atoms with E-state index in [1.807, 2.05) is 12.1 Å². The average Bonchev–Trinajstić information content (AvgIpc) is 2.68. The number of hydrogen-bond acceptors (Lipinski definition) is 5. The number of benzene rings is 1. The van der Waals surface area contributed by atoms with E-state index < -0.39 is 5.97 Å². The first kappa shape index (κ1) is 19.8. The zero-order chi connectivity index (χ0) is 20.4. The van der Waals surface area contributed by atoms with E-state index in [9.17, 15) is 9.59 Å². The molecule has 0 radical (unpaired) electrons. The lowest BCUT2D eigenvalue weighted by Gasteiger charge is -2.56. The molecule has 4 aliphatic carbocycles. The quantitative estimate of drug-likeness (QED) is 0.562. The van der Waals surface area contributed by atoms with E-state index in [1.165, 1.54) is 25.3 Å². The molecule has 4 saturated carbocycles. The molecular formula is C23H29NO5. The number of nitrogens with one attached hydrogen (secondary N) is 1. The van der Waals surface area contributed by atoms with Gasteiger partial charge in [-0.25, -0.2) is 4.79 Å². The Morgan fingerprint density at radius 2 is 1.72 bits per heavy atom. The number of hydrogen-bond donors (Lipinski definition) is 1. The van der Waals surface area contributed by atoms with Crippen LogP contribution in [0.25, 0.3) is 6.08 Å². The summed E-state index contributed by atoms with van der Waals surface area (Å²) in [4.78, 5) is 24.5. The number of methoxy groups -OCH3 is 2. The Morgan fingerprint density at radius 3 is 2.31 bits per heavy atom. The Morgan fingerprint density at radius 1 is 1.07 bits per heavy atom. The largest absolute Gasteiger partial charge is 0.493 e. The van der Waals surface area contributed by atoms with Crippen molar-refractivity contribution in [1.82, 2.24) is 5.32 Å². The van der Waals surface area contributed by atoms with Gasteiger partial charge in [-0.2, -0.15) is 0 Å². The molecule has 1 N–H and O–H groups in total. The van der Waals surface area contributed by atoms with Crippen molar-refractivity contribution >= 4 is 18.0 Å². The molecule has 5 rings (SSSR count). The van der Waals surface area contributed by atoms with Crippen molar-refractivity contribution < 1.29 is 23.8 Å². The molecule has 0 aromatic heterocycles. The first-order valence-corrected chi connectivity index (χ1v) is 10.4. The maximum atomic E-state index is 12.4. The molecule has 4 bridgehead atoms. The summed E-state index contributed by atoms with van der Waals surface area (Å²) in [6, 6.07) is 5.40. The molecule has 4 fully saturated rings. The van der Waals surface area contributed by atoms with Crippen LogP contribution >= 0.6 is 0 Å². The maximum Gasteiger partial charge on any atom is 0.331 e. The highest BCUT2D eigenvalue weighted by Crippen LogP contribution is 2.55. The first-order valence-electron chi connectivity index (χ1n) is 10.4. The van der Waals surface area contributed by atoms with E-state index in [-0.39, 0.29) is 18.1 Å². The molecule has 0 unspecified atom stereocenters. The summed E-state index contributed by atoms with van der Waals surface area (Å²) < 4.78 is 15.7. The van der Waals surface area contributed by atoms with Crippen LogP contribution in [-0.4, -0.2) is 38.2 Å². The molecule has 6 nitrogen and oxygen atoms in total. The van der Waals surface area contributed by atoms with Crippen molar-refractivity contribution in [3.8, 4) is 11.5 Å². The molecule has 1 aromatic carbocycles. The number of ether oxygens (including phenoxy) is 3. The summed E-state index contributed by atoms with van der Waals surface area (Å²) in [6.07, 6.45) is 10.1. The SMILES string of the molecule is COc1cccc(/C=C/C(=O)OCC(=O)NC23CC4CC(CC(C4)C2)C3)c1OC. The lowest BCUT2D eigenvalue weighted by atomic mass is 9.53. The van der Waals surface area contributed by atoms with Crippen LogP contribution in [0.5, 0.6) is 11.5 Å². The molecule has 29 heavy (non-hydrogen) atoms. The Hall–Kier alpha value is -2.50. The molecular weight excluding hydrogens is 370 g/mol. The topological polar surface area (TPSA) is 73.9 Å². The maximum absolute atomic E-state index is 12.4. The van der Waals surface area contributed by atoms with Crippen molar-refractivity contribution in [3.63, 3.8) is 0 Å². The molecule has 6 heteroatoms. The van der Waals surface area contributed by atoms with Crippen LogP contribution in [-0.2, 0) is 14.3 Å². The van der Waals surface area contributed by atoms with Gasteiger partial charge in [-0.05, 0) is 68.4 Å². The Bertz CT molecular complexity index is 780. The van der Waals surface area contributed by atoms with Gasteiger partial charge in [0.15, 0.2) is 18.1 Å². The fraction of sp³-hybridized carbons (Fsp3) is 0.565. The zero-order valence-electron chi connectivity index (χ0n) is 17.1. The molecule has 156 valence electrons. The number of carbonyl (C=O) groups excluding carboxylic acids is 2. The average molecular weight is 399 g/mol. The lowest BCUT2D eigenvalue weighted by Crippen LogP contribution is -2.60. The minimum absolute atomic E-state index is 0.0674. The second-order valence-corrected chi connectivity index (χ2v) is 8.77. The molecule has 4 aliphatic rings. The van der Waals surface area contributed by atoms with Gasteiger partial charge in [-0.3, -0.25) is 4.79 Å².